The summed E-state index contributed by atoms with van der Waals surface area (Å²) in [5.41, 5.74) is 9.37. The first-order chi connectivity index (χ1) is 18.9. The molecule has 1 aromatic heterocycles. The number of hydrogen-bond donors (Lipinski definition) is 3. The zero-order chi connectivity index (χ0) is 26.8. The SMILES string of the molecule is NC1(COc2cccc(-c3cccc(CNCC[C@H]4CN(c5ccc6c(n5)NC(=O)CO6)C(=O)O4)c3)c2)CC1. The second kappa shape index (κ2) is 10.5. The average Bonchev–Trinajstić information content (AvgIpc) is 3.58. The van der Waals surface area contributed by atoms with Gasteiger partial charge in [-0.1, -0.05) is 30.3 Å². The number of anilines is 2. The van der Waals surface area contributed by atoms with Gasteiger partial charge in [-0.05, 0) is 72.8 Å². The van der Waals surface area contributed by atoms with Crippen molar-refractivity contribution in [2.75, 3.05) is 36.5 Å². The van der Waals surface area contributed by atoms with Crippen LogP contribution < -0.4 is 30.7 Å². The minimum absolute atomic E-state index is 0.0446. The highest BCUT2D eigenvalue weighted by atomic mass is 16.6. The molecule has 6 rings (SSSR count). The van der Waals surface area contributed by atoms with Gasteiger partial charge in [-0.25, -0.2) is 9.78 Å². The van der Waals surface area contributed by atoms with Gasteiger partial charge in [-0.2, -0.15) is 0 Å². The third-order valence-corrected chi connectivity index (χ3v) is 7.10. The van der Waals surface area contributed by atoms with Crippen LogP contribution in [0.15, 0.2) is 60.7 Å². The van der Waals surface area contributed by atoms with Gasteiger partial charge in [0.2, 0.25) is 0 Å². The molecular formula is C29H31N5O5. The minimum Gasteiger partial charge on any atom is -0.492 e. The van der Waals surface area contributed by atoms with E-state index in [-0.39, 0.29) is 24.2 Å². The molecule has 2 amide bonds. The van der Waals surface area contributed by atoms with Gasteiger partial charge < -0.3 is 30.6 Å². The van der Waals surface area contributed by atoms with Crippen molar-refractivity contribution in [2.45, 2.75) is 37.5 Å². The summed E-state index contributed by atoms with van der Waals surface area (Å²) >= 11 is 0. The number of amides is 2. The molecule has 3 heterocycles. The predicted molar refractivity (Wildman–Crippen MR) is 146 cm³/mol. The van der Waals surface area contributed by atoms with Crippen molar-refractivity contribution < 1.29 is 23.8 Å². The maximum atomic E-state index is 12.5. The Hall–Kier alpha value is -4.15. The monoisotopic (exact) mass is 529 g/mol. The molecule has 0 bridgehead atoms. The Morgan fingerprint density at radius 2 is 1.92 bits per heavy atom. The number of fused-ring (bicyclic) bond motifs is 1. The van der Waals surface area contributed by atoms with E-state index in [1.54, 1.807) is 12.1 Å². The number of nitrogens with two attached hydrogens (primary N) is 1. The molecule has 4 N–H and O–H groups in total. The summed E-state index contributed by atoms with van der Waals surface area (Å²) in [6.07, 6.45) is 1.99. The fraction of sp³-hybridized carbons (Fsp3) is 0.345. The number of ether oxygens (including phenoxy) is 3. The molecule has 2 aromatic carbocycles. The topological polar surface area (TPSA) is 128 Å². The Balaban J connectivity index is 0.995. The molecule has 3 aromatic rings. The normalized spacial score (nSPS) is 19.1. The van der Waals surface area contributed by atoms with Crippen LogP contribution in [0, 0.1) is 0 Å². The molecule has 10 nitrogen and oxygen atoms in total. The Labute approximate surface area is 226 Å². The summed E-state index contributed by atoms with van der Waals surface area (Å²) < 4.78 is 16.8. The van der Waals surface area contributed by atoms with Crippen LogP contribution >= 0.6 is 0 Å². The first kappa shape index (κ1) is 25.1. The molecule has 2 aliphatic heterocycles. The number of nitrogens with one attached hydrogen (secondary N) is 2. The molecule has 202 valence electrons. The molecule has 3 aliphatic rings. The first-order valence-electron chi connectivity index (χ1n) is 13.2. The van der Waals surface area contributed by atoms with Crippen molar-refractivity contribution in [2.24, 2.45) is 5.73 Å². The van der Waals surface area contributed by atoms with E-state index in [4.69, 9.17) is 19.9 Å². The van der Waals surface area contributed by atoms with Crippen LogP contribution in [0.5, 0.6) is 11.5 Å². The molecule has 1 saturated carbocycles. The summed E-state index contributed by atoms with van der Waals surface area (Å²) in [6, 6.07) is 19.9. The number of nitrogens with zero attached hydrogens (tertiary/aromatic N) is 2. The number of carbonyl (C=O) groups is 2. The van der Waals surface area contributed by atoms with Crippen molar-refractivity contribution in [1.82, 2.24) is 10.3 Å². The van der Waals surface area contributed by atoms with Crippen LogP contribution in [-0.4, -0.2) is 54.9 Å². The van der Waals surface area contributed by atoms with Crippen molar-refractivity contribution in [3.8, 4) is 22.6 Å². The molecule has 1 saturated heterocycles. The van der Waals surface area contributed by atoms with Gasteiger partial charge in [0.15, 0.2) is 18.2 Å². The maximum absolute atomic E-state index is 12.5. The number of rotatable bonds is 10. The summed E-state index contributed by atoms with van der Waals surface area (Å²) in [6.45, 7) is 2.26. The van der Waals surface area contributed by atoms with E-state index in [1.807, 2.05) is 12.1 Å². The summed E-state index contributed by atoms with van der Waals surface area (Å²) in [7, 11) is 0. The van der Waals surface area contributed by atoms with Gasteiger partial charge in [0.25, 0.3) is 5.91 Å². The second-order valence-corrected chi connectivity index (χ2v) is 10.3. The Morgan fingerprint density at radius 3 is 2.77 bits per heavy atom. The number of cyclic esters (lactones) is 1. The lowest BCUT2D eigenvalue weighted by Crippen LogP contribution is -2.29. The summed E-state index contributed by atoms with van der Waals surface area (Å²) in [5, 5.41) is 6.11. The lowest BCUT2D eigenvalue weighted by molar-refractivity contribution is -0.118. The Bertz CT molecular complexity index is 1390. The molecule has 0 radical (unpaired) electrons. The van der Waals surface area contributed by atoms with Gasteiger partial charge >= 0.3 is 6.09 Å². The average molecular weight is 530 g/mol. The molecule has 1 atom stereocenters. The zero-order valence-corrected chi connectivity index (χ0v) is 21.5. The van der Waals surface area contributed by atoms with E-state index in [0.717, 1.165) is 35.3 Å². The van der Waals surface area contributed by atoms with E-state index in [2.05, 4.69) is 52.0 Å². The Morgan fingerprint density at radius 1 is 1.10 bits per heavy atom. The lowest BCUT2D eigenvalue weighted by Gasteiger charge is -2.19. The quantitative estimate of drug-likeness (QED) is 0.341. The zero-order valence-electron chi connectivity index (χ0n) is 21.5. The summed E-state index contributed by atoms with van der Waals surface area (Å²) in [5.74, 6) is 1.76. The molecule has 1 aliphatic carbocycles. The van der Waals surface area contributed by atoms with Crippen molar-refractivity contribution in [1.29, 1.82) is 0 Å². The fourth-order valence-electron chi connectivity index (χ4n) is 4.62. The van der Waals surface area contributed by atoms with Crippen LogP contribution in [0.4, 0.5) is 16.4 Å². The van der Waals surface area contributed by atoms with E-state index in [0.29, 0.717) is 50.0 Å². The van der Waals surface area contributed by atoms with Crippen LogP contribution in [0.3, 0.4) is 0 Å². The first-order valence-corrected chi connectivity index (χ1v) is 13.2. The molecule has 0 spiro atoms. The highest BCUT2D eigenvalue weighted by Crippen LogP contribution is 2.33. The van der Waals surface area contributed by atoms with E-state index in [9.17, 15) is 9.59 Å². The third-order valence-electron chi connectivity index (χ3n) is 7.10. The molecule has 39 heavy (non-hydrogen) atoms. The number of carbonyl (C=O) groups excluding carboxylic acids is 2. The third kappa shape index (κ3) is 5.97. The molecule has 10 heteroatoms. The van der Waals surface area contributed by atoms with Gasteiger partial charge in [-0.3, -0.25) is 9.69 Å². The molecule has 0 unspecified atom stereocenters. The van der Waals surface area contributed by atoms with E-state index >= 15 is 0 Å². The Kier molecular flexibility index (Phi) is 6.80. The lowest BCUT2D eigenvalue weighted by atomic mass is 10.0. The van der Waals surface area contributed by atoms with Crippen molar-refractivity contribution in [3.63, 3.8) is 0 Å². The molecular weight excluding hydrogens is 498 g/mol. The number of hydrogen-bond acceptors (Lipinski definition) is 8. The smallest absolute Gasteiger partial charge is 0.415 e. The van der Waals surface area contributed by atoms with E-state index < -0.39 is 6.09 Å². The van der Waals surface area contributed by atoms with Gasteiger partial charge in [-0.15, -0.1) is 0 Å². The van der Waals surface area contributed by atoms with Crippen molar-refractivity contribution >= 4 is 23.6 Å². The maximum Gasteiger partial charge on any atom is 0.415 e. The van der Waals surface area contributed by atoms with Crippen LogP contribution in [0.2, 0.25) is 0 Å². The number of benzene rings is 2. The number of aromatic nitrogens is 1. The summed E-state index contributed by atoms with van der Waals surface area (Å²) in [4.78, 5) is 29.9. The standard InChI is InChI=1S/C29H31N5O5/c30-29(10-11-29)18-38-22-6-2-5-21(14-22)20-4-1-3-19(13-20)15-31-12-9-23-16-34(28(36)39-23)25-8-7-24-27(32-25)33-26(35)17-37-24/h1-8,13-14,23,31H,9-12,15-18,30H2,(H,32,33,35)/t23-/m0/s1. The number of pyridine rings is 1. The highest BCUT2D eigenvalue weighted by Gasteiger charge is 2.39. The second-order valence-electron chi connectivity index (χ2n) is 10.3. The molecule has 2 fully saturated rings. The van der Waals surface area contributed by atoms with Crippen LogP contribution in [0.25, 0.3) is 11.1 Å². The van der Waals surface area contributed by atoms with E-state index in [1.165, 1.54) is 4.90 Å². The minimum atomic E-state index is -0.451. The van der Waals surface area contributed by atoms with Gasteiger partial charge in [0.1, 0.15) is 24.3 Å². The highest BCUT2D eigenvalue weighted by molar-refractivity contribution is 5.95. The van der Waals surface area contributed by atoms with Gasteiger partial charge in [0, 0.05) is 6.54 Å². The fourth-order valence-corrected chi connectivity index (χ4v) is 4.62. The van der Waals surface area contributed by atoms with Crippen LogP contribution in [0.1, 0.15) is 24.8 Å². The van der Waals surface area contributed by atoms with Crippen LogP contribution in [-0.2, 0) is 16.1 Å². The predicted octanol–water partition coefficient (Wildman–Crippen LogP) is 3.45. The van der Waals surface area contributed by atoms with Gasteiger partial charge in [0.05, 0.1) is 12.1 Å². The van der Waals surface area contributed by atoms with Crippen molar-refractivity contribution in [3.05, 3.63) is 66.2 Å². The largest absolute Gasteiger partial charge is 0.492 e.